The van der Waals surface area contributed by atoms with E-state index in [0.717, 1.165) is 6.92 Å². The Morgan fingerprint density at radius 2 is 1.71 bits per heavy atom. The molecule has 1 aliphatic rings. The van der Waals surface area contributed by atoms with E-state index < -0.39 is 12.0 Å². The van der Waals surface area contributed by atoms with Gasteiger partial charge >= 0.3 is 6.03 Å². The monoisotopic (exact) mass is 556 g/mol. The molecule has 5 aromatic rings. The van der Waals surface area contributed by atoms with Gasteiger partial charge in [0.05, 0.1) is 23.8 Å². The van der Waals surface area contributed by atoms with Crippen LogP contribution in [0.2, 0.25) is 0 Å². The van der Waals surface area contributed by atoms with Crippen molar-refractivity contribution < 1.29 is 22.4 Å². The quantitative estimate of drug-likeness (QED) is 0.232. The summed E-state index contributed by atoms with van der Waals surface area (Å²) in [4.78, 5) is 28.3. The predicted octanol–water partition coefficient (Wildman–Crippen LogP) is 7.41. The molecule has 9 nitrogen and oxygen atoms in total. The van der Waals surface area contributed by atoms with Crippen molar-refractivity contribution in [3.63, 3.8) is 0 Å². The van der Waals surface area contributed by atoms with E-state index in [4.69, 9.17) is 13.8 Å². The first kappa shape index (κ1) is 26.2. The molecule has 1 atom stereocenters. The van der Waals surface area contributed by atoms with Crippen LogP contribution in [-0.4, -0.2) is 33.6 Å². The van der Waals surface area contributed by atoms with Crippen LogP contribution in [0.15, 0.2) is 88.6 Å². The summed E-state index contributed by atoms with van der Waals surface area (Å²) in [5.41, 5.74) is 3.43. The lowest BCUT2D eigenvalue weighted by atomic mass is 10.0. The van der Waals surface area contributed by atoms with Crippen molar-refractivity contribution in [2.45, 2.75) is 32.2 Å². The molecule has 3 aromatic heterocycles. The van der Waals surface area contributed by atoms with Gasteiger partial charge in [-0.1, -0.05) is 18.2 Å². The van der Waals surface area contributed by atoms with E-state index in [-0.39, 0.29) is 11.6 Å². The second kappa shape index (κ2) is 10.5. The molecule has 6 rings (SSSR count). The number of carbonyl (C=O) groups excluding carboxylic acids is 1. The molecule has 0 spiro atoms. The molecule has 2 N–H and O–H groups in total. The SMILES string of the molecule is C[C@@H]1CCNc2ccc(-c3cccc(C(C)(F)F)c3)nc2N1C(=O)Nc1cc(-c2cnco2)cc(-c2cnco2)c1. The van der Waals surface area contributed by atoms with Crippen LogP contribution in [0.5, 0.6) is 0 Å². The molecule has 0 radical (unpaired) electrons. The van der Waals surface area contributed by atoms with Crippen LogP contribution in [0.3, 0.4) is 0 Å². The Balaban J connectivity index is 1.37. The molecule has 41 heavy (non-hydrogen) atoms. The van der Waals surface area contributed by atoms with Crippen molar-refractivity contribution in [1.29, 1.82) is 0 Å². The third-order valence-corrected chi connectivity index (χ3v) is 6.92. The summed E-state index contributed by atoms with van der Waals surface area (Å²) in [5, 5.41) is 6.33. The topological polar surface area (TPSA) is 109 Å². The Kier molecular flexibility index (Phi) is 6.70. The third kappa shape index (κ3) is 5.38. The number of amides is 2. The Bertz CT molecular complexity index is 1630. The maximum absolute atomic E-state index is 14.0. The number of hydrogen-bond acceptors (Lipinski definition) is 7. The average Bonchev–Trinajstić information content (AvgIpc) is 3.66. The molecular weight excluding hydrogens is 530 g/mol. The summed E-state index contributed by atoms with van der Waals surface area (Å²) < 4.78 is 39.0. The average molecular weight is 557 g/mol. The van der Waals surface area contributed by atoms with Gasteiger partial charge in [0.1, 0.15) is 0 Å². The molecule has 208 valence electrons. The lowest BCUT2D eigenvalue weighted by molar-refractivity contribution is 0.0175. The van der Waals surface area contributed by atoms with Crippen molar-refractivity contribution in [3.8, 4) is 33.9 Å². The number of fused-ring (bicyclic) bond motifs is 1. The second-order valence-electron chi connectivity index (χ2n) is 9.93. The number of nitrogens with one attached hydrogen (secondary N) is 2. The number of rotatable bonds is 5. The van der Waals surface area contributed by atoms with E-state index in [0.29, 0.717) is 64.1 Å². The number of alkyl halides is 2. The first-order chi connectivity index (χ1) is 19.8. The number of anilines is 3. The molecule has 4 heterocycles. The first-order valence-electron chi connectivity index (χ1n) is 13.0. The molecule has 0 unspecified atom stereocenters. The zero-order chi connectivity index (χ0) is 28.6. The number of pyridine rings is 1. The molecule has 0 saturated carbocycles. The first-order valence-corrected chi connectivity index (χ1v) is 13.0. The summed E-state index contributed by atoms with van der Waals surface area (Å²) in [6, 6.07) is 14.5. The highest BCUT2D eigenvalue weighted by atomic mass is 19.3. The number of hydrogen-bond donors (Lipinski definition) is 2. The van der Waals surface area contributed by atoms with E-state index in [2.05, 4.69) is 20.6 Å². The van der Waals surface area contributed by atoms with Gasteiger partial charge in [-0.3, -0.25) is 4.90 Å². The van der Waals surface area contributed by atoms with Gasteiger partial charge in [0.15, 0.2) is 30.1 Å². The Morgan fingerprint density at radius 1 is 1.00 bits per heavy atom. The number of halogens is 2. The van der Waals surface area contributed by atoms with Crippen LogP contribution in [0, 0.1) is 0 Å². The van der Waals surface area contributed by atoms with Crippen LogP contribution in [-0.2, 0) is 5.92 Å². The van der Waals surface area contributed by atoms with Gasteiger partial charge < -0.3 is 19.5 Å². The summed E-state index contributed by atoms with van der Waals surface area (Å²) in [6.45, 7) is 3.43. The number of urea groups is 1. The number of oxazole rings is 2. The van der Waals surface area contributed by atoms with E-state index in [9.17, 15) is 13.6 Å². The highest BCUT2D eigenvalue weighted by Gasteiger charge is 2.30. The summed E-state index contributed by atoms with van der Waals surface area (Å²) in [7, 11) is 0. The minimum absolute atomic E-state index is 0.109. The van der Waals surface area contributed by atoms with Gasteiger partial charge in [0.2, 0.25) is 0 Å². The van der Waals surface area contributed by atoms with Gasteiger partial charge in [-0.15, -0.1) is 0 Å². The molecule has 0 aliphatic carbocycles. The van der Waals surface area contributed by atoms with Gasteiger partial charge in [-0.2, -0.15) is 0 Å². The highest BCUT2D eigenvalue weighted by molar-refractivity contribution is 6.04. The van der Waals surface area contributed by atoms with E-state index in [1.165, 1.54) is 24.9 Å². The molecule has 2 aromatic carbocycles. The molecule has 11 heteroatoms. The lowest BCUT2D eigenvalue weighted by Gasteiger charge is -2.28. The van der Waals surface area contributed by atoms with Crippen LogP contribution in [0.4, 0.5) is 30.8 Å². The lowest BCUT2D eigenvalue weighted by Crippen LogP contribution is -2.42. The number of benzene rings is 2. The molecule has 2 amide bonds. The number of nitrogens with zero attached hydrogens (tertiary/aromatic N) is 4. The Morgan fingerprint density at radius 3 is 2.34 bits per heavy atom. The zero-order valence-electron chi connectivity index (χ0n) is 22.3. The van der Waals surface area contributed by atoms with Crippen molar-refractivity contribution >= 4 is 23.2 Å². The maximum atomic E-state index is 14.0. The summed E-state index contributed by atoms with van der Waals surface area (Å²) >= 11 is 0. The summed E-state index contributed by atoms with van der Waals surface area (Å²) in [5.74, 6) is -1.55. The van der Waals surface area contributed by atoms with Gasteiger partial charge in [0.25, 0.3) is 5.92 Å². The van der Waals surface area contributed by atoms with Crippen molar-refractivity contribution in [2.24, 2.45) is 0 Å². The largest absolute Gasteiger partial charge is 0.444 e. The van der Waals surface area contributed by atoms with Crippen molar-refractivity contribution in [3.05, 3.63) is 85.3 Å². The minimum atomic E-state index is -2.99. The van der Waals surface area contributed by atoms with Crippen molar-refractivity contribution in [2.75, 3.05) is 22.1 Å². The predicted molar refractivity (Wildman–Crippen MR) is 151 cm³/mol. The normalized spacial score (nSPS) is 15.1. The van der Waals surface area contributed by atoms with E-state index in [1.54, 1.807) is 47.6 Å². The fourth-order valence-corrected chi connectivity index (χ4v) is 4.82. The van der Waals surface area contributed by atoms with Crippen molar-refractivity contribution in [1.82, 2.24) is 15.0 Å². The van der Waals surface area contributed by atoms with Gasteiger partial charge in [-0.25, -0.2) is 28.5 Å². The van der Waals surface area contributed by atoms with E-state index >= 15 is 0 Å². The van der Waals surface area contributed by atoms with E-state index in [1.807, 2.05) is 19.1 Å². The molecule has 0 fully saturated rings. The van der Waals surface area contributed by atoms with Crippen LogP contribution < -0.4 is 15.5 Å². The van der Waals surface area contributed by atoms with Gasteiger partial charge in [-0.05, 0) is 49.7 Å². The molecule has 0 bridgehead atoms. The minimum Gasteiger partial charge on any atom is -0.444 e. The fraction of sp³-hybridized carbons (Fsp3) is 0.200. The van der Waals surface area contributed by atoms with Crippen LogP contribution >= 0.6 is 0 Å². The van der Waals surface area contributed by atoms with Crippen LogP contribution in [0.1, 0.15) is 25.8 Å². The number of aromatic nitrogens is 3. The van der Waals surface area contributed by atoms with Gasteiger partial charge in [0, 0.05) is 47.5 Å². The molecule has 0 saturated heterocycles. The number of carbonyl (C=O) groups is 1. The van der Waals surface area contributed by atoms with Crippen LogP contribution in [0.25, 0.3) is 33.9 Å². The maximum Gasteiger partial charge on any atom is 0.327 e. The molecule has 1 aliphatic heterocycles. The second-order valence-corrected chi connectivity index (χ2v) is 9.93. The smallest absolute Gasteiger partial charge is 0.327 e. The fourth-order valence-electron chi connectivity index (χ4n) is 4.82. The molecular formula is C30H26F2N6O3. The standard InChI is InChI=1S/C30H26F2N6O3/c1-18-8-9-35-25-7-6-24(19-4-3-5-22(11-19)30(2,31)32)37-28(25)38(18)29(39)36-23-12-20(26-14-33-16-40-26)10-21(13-23)27-15-34-17-41-27/h3-7,10-18,35H,8-9H2,1-2H3,(H,36,39)/t18-/m1/s1. The Hall–Kier alpha value is -5.06. The highest BCUT2D eigenvalue weighted by Crippen LogP contribution is 2.36. The third-order valence-electron chi connectivity index (χ3n) is 6.92. The summed E-state index contributed by atoms with van der Waals surface area (Å²) in [6.07, 6.45) is 6.49. The zero-order valence-corrected chi connectivity index (χ0v) is 22.3. The Labute approximate surface area is 234 Å².